The van der Waals surface area contributed by atoms with E-state index in [1.165, 1.54) is 43.2 Å². The van der Waals surface area contributed by atoms with E-state index in [1.54, 1.807) is 0 Å². The molecule has 1 aromatic heterocycles. The van der Waals surface area contributed by atoms with Gasteiger partial charge in [-0.15, -0.1) is 0 Å². The Morgan fingerprint density at radius 2 is 2.00 bits per heavy atom. The third-order valence-electron chi connectivity index (χ3n) is 6.34. The molecule has 6 rings (SSSR count). The van der Waals surface area contributed by atoms with Crippen LogP contribution in [0.25, 0.3) is 10.1 Å². The Kier molecular flexibility index (Phi) is 4.43. The van der Waals surface area contributed by atoms with Crippen molar-refractivity contribution in [1.82, 2.24) is 9.27 Å². The van der Waals surface area contributed by atoms with Crippen molar-refractivity contribution >= 4 is 33.1 Å². The van der Waals surface area contributed by atoms with Crippen LogP contribution < -0.4 is 4.90 Å². The number of hydrogen-bond acceptors (Lipinski definition) is 6. The third-order valence-corrected chi connectivity index (χ3v) is 7.14. The first kappa shape index (κ1) is 16.7. The molecule has 4 fully saturated rings. The van der Waals surface area contributed by atoms with Gasteiger partial charge in [-0.1, -0.05) is 0 Å². The molecule has 1 atom stereocenters. The molecule has 2 bridgehead atoms. The number of nitrogens with zero attached hydrogens (tertiary/aromatic N) is 3. The van der Waals surface area contributed by atoms with Crippen molar-refractivity contribution in [3.63, 3.8) is 0 Å². The molecule has 1 aromatic carbocycles. The normalized spacial score (nSPS) is 28.6. The quantitative estimate of drug-likeness (QED) is 0.773. The van der Waals surface area contributed by atoms with Gasteiger partial charge >= 0.3 is 0 Å². The van der Waals surface area contributed by atoms with E-state index in [1.807, 2.05) is 0 Å². The number of carbonyl (C=O) groups excluding carboxylic acids is 1. The minimum absolute atomic E-state index is 0.231. The molecule has 0 spiro atoms. The number of Topliss-reactive ketones (excluding diaryl/α,β-unsaturated/α-hetero) is 1. The van der Waals surface area contributed by atoms with Gasteiger partial charge in [0.25, 0.3) is 0 Å². The summed E-state index contributed by atoms with van der Waals surface area (Å²) in [5, 5.41) is 1.03. The number of ether oxygens (including phenoxy) is 1. The lowest BCUT2D eigenvalue weighted by Gasteiger charge is -2.44. The van der Waals surface area contributed by atoms with Crippen LogP contribution in [-0.2, 0) is 4.74 Å². The van der Waals surface area contributed by atoms with Crippen molar-refractivity contribution in [2.75, 3.05) is 50.8 Å². The number of benzene rings is 1. The predicted molar refractivity (Wildman–Crippen MR) is 104 cm³/mol. The van der Waals surface area contributed by atoms with E-state index in [4.69, 9.17) is 4.74 Å². The highest BCUT2D eigenvalue weighted by molar-refractivity contribution is 7.13. The molecule has 26 heavy (non-hydrogen) atoms. The van der Waals surface area contributed by atoms with Gasteiger partial charge in [-0.05, 0) is 67.5 Å². The predicted octanol–water partition coefficient (Wildman–Crippen LogP) is 3.05. The van der Waals surface area contributed by atoms with Crippen LogP contribution in [-0.4, -0.2) is 61.0 Å². The van der Waals surface area contributed by atoms with E-state index in [0.717, 1.165) is 48.9 Å². The fraction of sp³-hybridized carbons (Fsp3) is 0.600. The first-order valence-corrected chi connectivity index (χ1v) is 10.5. The molecule has 0 N–H and O–H groups in total. The number of rotatable bonds is 4. The average Bonchev–Trinajstić information content (AvgIpc) is 3.13. The molecular weight excluding hydrogens is 346 g/mol. The minimum Gasteiger partial charge on any atom is -0.378 e. The molecule has 6 heteroatoms. The smallest absolute Gasteiger partial charge is 0.183 e. The number of aromatic nitrogens is 1. The highest BCUT2D eigenvalue weighted by atomic mass is 32.1. The fourth-order valence-corrected chi connectivity index (χ4v) is 5.63. The van der Waals surface area contributed by atoms with Crippen LogP contribution >= 0.6 is 11.5 Å². The molecule has 4 saturated heterocycles. The van der Waals surface area contributed by atoms with E-state index in [2.05, 4.69) is 32.4 Å². The second-order valence-electron chi connectivity index (χ2n) is 7.84. The molecule has 5 heterocycles. The third kappa shape index (κ3) is 3.04. The number of piperidine rings is 3. The molecule has 0 unspecified atom stereocenters. The summed E-state index contributed by atoms with van der Waals surface area (Å²) >= 11 is 1.46. The van der Waals surface area contributed by atoms with E-state index < -0.39 is 0 Å². The molecule has 0 radical (unpaired) electrons. The van der Waals surface area contributed by atoms with Gasteiger partial charge in [0.1, 0.15) is 5.69 Å². The first-order valence-electron chi connectivity index (χ1n) is 9.75. The molecule has 0 saturated carbocycles. The van der Waals surface area contributed by atoms with E-state index >= 15 is 0 Å². The Morgan fingerprint density at radius 3 is 2.73 bits per heavy atom. The lowest BCUT2D eigenvalue weighted by molar-refractivity contribution is 0.0440. The van der Waals surface area contributed by atoms with E-state index in [0.29, 0.717) is 18.0 Å². The molecule has 138 valence electrons. The van der Waals surface area contributed by atoms with Crippen LogP contribution in [0, 0.1) is 11.8 Å². The van der Waals surface area contributed by atoms with Crippen LogP contribution in [0.15, 0.2) is 18.2 Å². The van der Waals surface area contributed by atoms with Crippen LogP contribution in [0.1, 0.15) is 29.8 Å². The largest absolute Gasteiger partial charge is 0.378 e. The number of morpholine rings is 1. The Morgan fingerprint density at radius 1 is 1.19 bits per heavy atom. The van der Waals surface area contributed by atoms with Crippen LogP contribution in [0.2, 0.25) is 0 Å². The summed E-state index contributed by atoms with van der Waals surface area (Å²) in [5.41, 5.74) is 1.90. The molecule has 2 aromatic rings. The van der Waals surface area contributed by atoms with E-state index in [9.17, 15) is 4.79 Å². The zero-order valence-electron chi connectivity index (χ0n) is 15.0. The van der Waals surface area contributed by atoms with Crippen LogP contribution in [0.3, 0.4) is 0 Å². The van der Waals surface area contributed by atoms with Crippen molar-refractivity contribution in [1.29, 1.82) is 0 Å². The summed E-state index contributed by atoms with van der Waals surface area (Å²) in [6.07, 6.45) is 3.18. The number of hydrogen-bond donors (Lipinski definition) is 0. The standard InChI is InChI=1S/C20H25N3O2S/c24-18(11-15-13-22-5-3-14(15)4-6-22)20-17-2-1-16(12-19(17)26-21-20)23-7-9-25-10-8-23/h1-2,12,14-15H,3-11,13H2/t15-/m1/s1. The van der Waals surface area contributed by atoms with Gasteiger partial charge < -0.3 is 14.5 Å². The van der Waals surface area contributed by atoms with Crippen LogP contribution in [0.4, 0.5) is 5.69 Å². The number of carbonyl (C=O) groups is 1. The Bertz CT molecular complexity index is 806. The number of fused-ring (bicyclic) bond motifs is 4. The maximum atomic E-state index is 12.9. The summed E-state index contributed by atoms with van der Waals surface area (Å²) in [5.74, 6) is 1.49. The van der Waals surface area contributed by atoms with Gasteiger partial charge in [0.2, 0.25) is 0 Å². The zero-order chi connectivity index (χ0) is 17.5. The zero-order valence-corrected chi connectivity index (χ0v) is 15.8. The molecule has 5 nitrogen and oxygen atoms in total. The second kappa shape index (κ2) is 6.91. The van der Waals surface area contributed by atoms with Gasteiger partial charge in [0.15, 0.2) is 5.78 Å². The van der Waals surface area contributed by atoms with Gasteiger partial charge in [-0.3, -0.25) is 4.79 Å². The van der Waals surface area contributed by atoms with Gasteiger partial charge in [-0.2, -0.15) is 4.37 Å². The van der Waals surface area contributed by atoms with Crippen molar-refractivity contribution < 1.29 is 9.53 Å². The van der Waals surface area contributed by atoms with Gasteiger partial charge in [0, 0.05) is 37.1 Å². The van der Waals surface area contributed by atoms with Crippen LogP contribution in [0.5, 0.6) is 0 Å². The maximum absolute atomic E-state index is 12.9. The Labute approximate surface area is 158 Å². The number of ketones is 1. The van der Waals surface area contributed by atoms with Crippen molar-refractivity contribution in [2.45, 2.75) is 19.3 Å². The van der Waals surface area contributed by atoms with Gasteiger partial charge in [0.05, 0.1) is 17.9 Å². The highest BCUT2D eigenvalue weighted by Gasteiger charge is 2.35. The van der Waals surface area contributed by atoms with Gasteiger partial charge in [-0.25, -0.2) is 0 Å². The van der Waals surface area contributed by atoms with Crippen molar-refractivity contribution in [3.05, 3.63) is 23.9 Å². The summed E-state index contributed by atoms with van der Waals surface area (Å²) in [7, 11) is 0. The molecular formula is C20H25N3O2S. The van der Waals surface area contributed by atoms with Crippen molar-refractivity contribution in [2.24, 2.45) is 11.8 Å². The monoisotopic (exact) mass is 371 g/mol. The SMILES string of the molecule is O=C(C[C@@H]1CN2CCC1CC2)c1nsc2cc(N3CCOCC3)ccc12. The van der Waals surface area contributed by atoms with E-state index in [-0.39, 0.29) is 5.78 Å². The summed E-state index contributed by atoms with van der Waals surface area (Å²) in [4.78, 5) is 17.8. The Balaban J connectivity index is 1.34. The molecule has 0 aliphatic carbocycles. The molecule has 0 amide bonds. The summed E-state index contributed by atoms with van der Waals surface area (Å²) in [6.45, 7) is 6.96. The summed E-state index contributed by atoms with van der Waals surface area (Å²) in [6, 6.07) is 6.41. The minimum atomic E-state index is 0.231. The number of anilines is 1. The first-order chi connectivity index (χ1) is 12.8. The van der Waals surface area contributed by atoms with Crippen molar-refractivity contribution in [3.8, 4) is 0 Å². The lowest BCUT2D eigenvalue weighted by atomic mass is 9.76. The Hall–Kier alpha value is -1.50. The topological polar surface area (TPSA) is 45.7 Å². The molecule has 4 aliphatic rings. The second-order valence-corrected chi connectivity index (χ2v) is 8.64. The maximum Gasteiger partial charge on any atom is 0.183 e. The summed E-state index contributed by atoms with van der Waals surface area (Å²) < 4.78 is 11.1. The highest BCUT2D eigenvalue weighted by Crippen LogP contribution is 2.36. The fourth-order valence-electron chi connectivity index (χ4n) is 4.80. The molecule has 4 aliphatic heterocycles. The average molecular weight is 372 g/mol. The lowest BCUT2D eigenvalue weighted by Crippen LogP contribution is -2.47.